The first-order valence-corrected chi connectivity index (χ1v) is 6.13. The lowest BCUT2D eigenvalue weighted by Crippen LogP contribution is -2.47. The van der Waals surface area contributed by atoms with Crippen molar-refractivity contribution in [1.82, 2.24) is 9.88 Å². The molecule has 2 rings (SSSR count). The third-order valence-electron chi connectivity index (χ3n) is 3.44. The van der Waals surface area contributed by atoms with E-state index in [0.717, 1.165) is 12.3 Å². The molecule has 1 aliphatic rings. The second-order valence-corrected chi connectivity index (χ2v) is 4.81. The summed E-state index contributed by atoms with van der Waals surface area (Å²) in [6.07, 6.45) is 3.51. The molecule has 5 nitrogen and oxygen atoms in total. The van der Waals surface area contributed by atoms with E-state index >= 15 is 0 Å². The molecule has 0 radical (unpaired) electrons. The summed E-state index contributed by atoms with van der Waals surface area (Å²) in [5, 5.41) is 9.03. The van der Waals surface area contributed by atoms with Crippen molar-refractivity contribution in [1.29, 1.82) is 0 Å². The Balaban J connectivity index is 2.19. The molecule has 1 aromatic heterocycles. The van der Waals surface area contributed by atoms with Crippen molar-refractivity contribution < 1.29 is 19.1 Å². The van der Waals surface area contributed by atoms with Crippen LogP contribution in [0.4, 0.5) is 4.39 Å². The van der Waals surface area contributed by atoms with Gasteiger partial charge in [0.15, 0.2) is 0 Å². The number of carboxylic acids is 1. The molecule has 0 spiro atoms. The molecule has 2 heterocycles. The van der Waals surface area contributed by atoms with Crippen LogP contribution in [0, 0.1) is 11.7 Å². The maximum atomic E-state index is 13.1. The summed E-state index contributed by atoms with van der Waals surface area (Å²) in [4.78, 5) is 28.4. The number of aromatic nitrogens is 1. The predicted octanol–water partition coefficient (Wildman–Crippen LogP) is 1.55. The van der Waals surface area contributed by atoms with Crippen molar-refractivity contribution in [2.75, 3.05) is 6.54 Å². The monoisotopic (exact) mass is 266 g/mol. The van der Waals surface area contributed by atoms with Gasteiger partial charge in [-0.3, -0.25) is 14.6 Å². The number of likely N-dealkylation sites (tertiary alicyclic amines) is 1. The number of rotatable bonds is 2. The van der Waals surface area contributed by atoms with Gasteiger partial charge in [0, 0.05) is 18.8 Å². The lowest BCUT2D eigenvalue weighted by molar-refractivity contribution is -0.143. The van der Waals surface area contributed by atoms with E-state index in [0.29, 0.717) is 12.8 Å². The van der Waals surface area contributed by atoms with Crippen LogP contribution >= 0.6 is 0 Å². The Morgan fingerprint density at radius 3 is 2.79 bits per heavy atom. The summed E-state index contributed by atoms with van der Waals surface area (Å²) in [6.45, 7) is 2.02. The van der Waals surface area contributed by atoms with E-state index in [4.69, 9.17) is 5.11 Å². The van der Waals surface area contributed by atoms with Gasteiger partial charge in [-0.2, -0.15) is 0 Å². The van der Waals surface area contributed by atoms with Crippen molar-refractivity contribution in [3.05, 3.63) is 29.8 Å². The van der Waals surface area contributed by atoms with Crippen LogP contribution in [0.25, 0.3) is 0 Å². The van der Waals surface area contributed by atoms with Gasteiger partial charge < -0.3 is 10.0 Å². The van der Waals surface area contributed by atoms with Gasteiger partial charge in [-0.25, -0.2) is 4.39 Å². The van der Waals surface area contributed by atoms with Crippen LogP contribution in [0.1, 0.15) is 30.1 Å². The number of amides is 1. The normalized spacial score (nSPS) is 23.2. The molecule has 19 heavy (non-hydrogen) atoms. The Kier molecular flexibility index (Phi) is 3.78. The van der Waals surface area contributed by atoms with E-state index in [1.54, 1.807) is 0 Å². The van der Waals surface area contributed by atoms with Crippen LogP contribution in [0.2, 0.25) is 0 Å². The van der Waals surface area contributed by atoms with Gasteiger partial charge in [-0.1, -0.05) is 0 Å². The number of aliphatic carboxylic acids is 1. The van der Waals surface area contributed by atoms with Crippen molar-refractivity contribution >= 4 is 11.9 Å². The molecule has 1 aliphatic heterocycles. The fourth-order valence-corrected chi connectivity index (χ4v) is 2.29. The van der Waals surface area contributed by atoms with Crippen molar-refractivity contribution in [3.8, 4) is 0 Å². The quantitative estimate of drug-likeness (QED) is 0.881. The SMILES string of the molecule is CC1CCC(C(=O)O)CN1C(=O)c1cncc(F)c1. The highest BCUT2D eigenvalue weighted by Crippen LogP contribution is 2.23. The first kappa shape index (κ1) is 13.5. The smallest absolute Gasteiger partial charge is 0.308 e. The highest BCUT2D eigenvalue weighted by atomic mass is 19.1. The first-order chi connectivity index (χ1) is 8.99. The van der Waals surface area contributed by atoms with Crippen LogP contribution in [0.15, 0.2) is 18.5 Å². The van der Waals surface area contributed by atoms with Crippen molar-refractivity contribution in [2.45, 2.75) is 25.8 Å². The number of carboxylic acid groups (broad SMARTS) is 1. The van der Waals surface area contributed by atoms with Crippen molar-refractivity contribution in [3.63, 3.8) is 0 Å². The number of pyridine rings is 1. The third-order valence-corrected chi connectivity index (χ3v) is 3.44. The molecule has 0 aromatic carbocycles. The van der Waals surface area contributed by atoms with Gasteiger partial charge in [-0.05, 0) is 25.8 Å². The fourth-order valence-electron chi connectivity index (χ4n) is 2.29. The minimum atomic E-state index is -0.901. The van der Waals surface area contributed by atoms with Gasteiger partial charge >= 0.3 is 5.97 Å². The van der Waals surface area contributed by atoms with Crippen LogP contribution in [0.5, 0.6) is 0 Å². The first-order valence-electron chi connectivity index (χ1n) is 6.13. The van der Waals surface area contributed by atoms with E-state index in [1.807, 2.05) is 6.92 Å². The highest BCUT2D eigenvalue weighted by molar-refractivity contribution is 5.94. The van der Waals surface area contributed by atoms with E-state index in [9.17, 15) is 14.0 Å². The molecule has 0 aliphatic carbocycles. The standard InChI is InChI=1S/C13H15FN2O3/c1-8-2-3-9(13(18)19)7-16(8)12(17)10-4-11(14)6-15-5-10/h4-6,8-9H,2-3,7H2,1H3,(H,18,19). The largest absolute Gasteiger partial charge is 0.481 e. The second-order valence-electron chi connectivity index (χ2n) is 4.81. The molecule has 1 saturated heterocycles. The zero-order valence-electron chi connectivity index (χ0n) is 10.5. The Labute approximate surface area is 110 Å². The second kappa shape index (κ2) is 5.34. The maximum Gasteiger partial charge on any atom is 0.308 e. The van der Waals surface area contributed by atoms with Gasteiger partial charge in [0.2, 0.25) is 0 Å². The van der Waals surface area contributed by atoms with E-state index in [2.05, 4.69) is 4.98 Å². The summed E-state index contributed by atoms with van der Waals surface area (Å²) < 4.78 is 13.1. The zero-order chi connectivity index (χ0) is 14.0. The van der Waals surface area contributed by atoms with Crippen molar-refractivity contribution in [2.24, 2.45) is 5.92 Å². The summed E-state index contributed by atoms with van der Waals surface area (Å²) in [7, 11) is 0. The molecule has 2 unspecified atom stereocenters. The van der Waals surface area contributed by atoms with Gasteiger partial charge in [0.1, 0.15) is 5.82 Å². The lowest BCUT2D eigenvalue weighted by Gasteiger charge is -2.36. The Hall–Kier alpha value is -1.98. The maximum absolute atomic E-state index is 13.1. The molecule has 2 atom stereocenters. The molecule has 1 amide bonds. The van der Waals surface area contributed by atoms with E-state index in [-0.39, 0.29) is 24.1 Å². The average Bonchev–Trinajstić information content (AvgIpc) is 2.38. The molecule has 0 saturated carbocycles. The summed E-state index contributed by atoms with van der Waals surface area (Å²) in [5.74, 6) is -2.40. The molecular weight excluding hydrogens is 251 g/mol. The molecule has 0 bridgehead atoms. The van der Waals surface area contributed by atoms with Crippen LogP contribution < -0.4 is 0 Å². The van der Waals surface area contributed by atoms with Crippen LogP contribution in [-0.4, -0.2) is 39.5 Å². The van der Waals surface area contributed by atoms with Crippen LogP contribution in [0.3, 0.4) is 0 Å². The number of hydrogen-bond acceptors (Lipinski definition) is 3. The predicted molar refractivity (Wildman–Crippen MR) is 65.1 cm³/mol. The summed E-state index contributed by atoms with van der Waals surface area (Å²) in [5.41, 5.74) is 0.151. The van der Waals surface area contributed by atoms with Gasteiger partial charge in [0.25, 0.3) is 5.91 Å². The molecular formula is C13H15FN2O3. The lowest BCUT2D eigenvalue weighted by atomic mass is 9.93. The number of nitrogens with zero attached hydrogens (tertiary/aromatic N) is 2. The zero-order valence-corrected chi connectivity index (χ0v) is 10.5. The van der Waals surface area contributed by atoms with E-state index in [1.165, 1.54) is 11.1 Å². The molecule has 6 heteroatoms. The fraction of sp³-hybridized carbons (Fsp3) is 0.462. The minimum absolute atomic E-state index is 0.0497. The van der Waals surface area contributed by atoms with Gasteiger partial charge in [-0.15, -0.1) is 0 Å². The number of hydrogen-bond donors (Lipinski definition) is 1. The molecule has 1 aromatic rings. The molecule has 102 valence electrons. The molecule has 1 fully saturated rings. The number of carbonyl (C=O) groups is 2. The summed E-state index contributed by atoms with van der Waals surface area (Å²) in [6, 6.07) is 1.07. The average molecular weight is 266 g/mol. The summed E-state index contributed by atoms with van der Waals surface area (Å²) >= 11 is 0. The Bertz CT molecular complexity index is 506. The van der Waals surface area contributed by atoms with E-state index < -0.39 is 17.7 Å². The minimum Gasteiger partial charge on any atom is -0.481 e. The Morgan fingerprint density at radius 2 is 2.16 bits per heavy atom. The van der Waals surface area contributed by atoms with Gasteiger partial charge in [0.05, 0.1) is 17.7 Å². The Morgan fingerprint density at radius 1 is 1.42 bits per heavy atom. The third kappa shape index (κ3) is 2.89. The molecule has 1 N–H and O–H groups in total. The topological polar surface area (TPSA) is 70.5 Å². The van der Waals surface area contributed by atoms with Crippen LogP contribution in [-0.2, 0) is 4.79 Å². The number of piperidine rings is 1. The number of halogens is 1. The highest BCUT2D eigenvalue weighted by Gasteiger charge is 2.33. The number of carbonyl (C=O) groups excluding carboxylic acids is 1.